The van der Waals surface area contributed by atoms with Gasteiger partial charge in [-0.3, -0.25) is 0 Å². The average molecular weight is 308 g/mol. The van der Waals surface area contributed by atoms with Crippen molar-refractivity contribution in [3.8, 4) is 0 Å². The number of alkyl halides is 2. The lowest BCUT2D eigenvalue weighted by Gasteiger charge is -2.17. The summed E-state index contributed by atoms with van der Waals surface area (Å²) in [5, 5.41) is 4.61. The Morgan fingerprint density at radius 3 is 2.56 bits per heavy atom. The van der Waals surface area contributed by atoms with Gasteiger partial charge in [-0.05, 0) is 36.6 Å². The van der Waals surface area contributed by atoms with Crippen LogP contribution >= 0.6 is 34.8 Å². The average Bonchev–Trinajstić information content (AvgIpc) is 2.99. The molecule has 7 heteroatoms. The highest BCUT2D eigenvalue weighted by atomic mass is 35.5. The van der Waals surface area contributed by atoms with E-state index in [9.17, 15) is 0 Å². The van der Waals surface area contributed by atoms with Gasteiger partial charge in [0.2, 0.25) is 5.28 Å². The summed E-state index contributed by atoms with van der Waals surface area (Å²) < 4.78 is 1.78. The molecule has 0 spiro atoms. The van der Waals surface area contributed by atoms with Gasteiger partial charge in [0.05, 0.1) is 5.34 Å². The van der Waals surface area contributed by atoms with Crippen molar-refractivity contribution in [2.75, 3.05) is 23.3 Å². The molecular weight excluding hydrogens is 295 g/mol. The van der Waals surface area contributed by atoms with E-state index in [0.717, 1.165) is 24.4 Å². The summed E-state index contributed by atoms with van der Waals surface area (Å²) in [4.78, 5) is 6.58. The number of aromatic nitrogens is 3. The molecule has 2 aromatic rings. The quantitative estimate of drug-likeness (QED) is 0.757. The highest BCUT2D eigenvalue weighted by Crippen LogP contribution is 2.24. The fourth-order valence-electron chi connectivity index (χ4n) is 2.05. The molecule has 0 aromatic carbocycles. The largest absolute Gasteiger partial charge is 0.355 e. The van der Waals surface area contributed by atoms with E-state index in [1.807, 2.05) is 18.3 Å². The minimum atomic E-state index is 0.194. The standard InChI is InChI=1S/C10H11ClN4.CH2Cl2/c11-10-12-9(14-5-1-2-6-14)8-4-3-7-15(8)13-10;2-1-3/h3-4,7H,1-2,5-6H2;1H2. The third-order valence-electron chi connectivity index (χ3n) is 2.75. The Bertz CT molecular complexity index is 508. The number of hydrogen-bond acceptors (Lipinski definition) is 3. The second-order valence-corrected chi connectivity index (χ2v) is 4.98. The number of anilines is 1. The predicted molar refractivity (Wildman–Crippen MR) is 76.0 cm³/mol. The molecule has 0 amide bonds. The molecule has 0 bridgehead atoms. The van der Waals surface area contributed by atoms with Gasteiger partial charge in [-0.25, -0.2) is 4.52 Å². The highest BCUT2D eigenvalue weighted by Gasteiger charge is 2.17. The zero-order valence-corrected chi connectivity index (χ0v) is 12.0. The molecule has 0 atom stereocenters. The zero-order valence-electron chi connectivity index (χ0n) is 9.69. The first-order chi connectivity index (χ1) is 8.76. The number of halogens is 3. The summed E-state index contributed by atoms with van der Waals surface area (Å²) in [5.74, 6) is 0.956. The summed E-state index contributed by atoms with van der Waals surface area (Å²) >= 11 is 15.4. The maximum atomic E-state index is 5.89. The van der Waals surface area contributed by atoms with E-state index < -0.39 is 0 Å². The minimum Gasteiger partial charge on any atom is -0.355 e. The van der Waals surface area contributed by atoms with E-state index >= 15 is 0 Å². The normalized spacial score (nSPS) is 14.7. The first-order valence-corrected chi connectivity index (χ1v) is 7.08. The van der Waals surface area contributed by atoms with Crippen LogP contribution in [0.2, 0.25) is 5.28 Å². The van der Waals surface area contributed by atoms with Crippen LogP contribution in [0.3, 0.4) is 0 Å². The van der Waals surface area contributed by atoms with Crippen LogP contribution < -0.4 is 4.90 Å². The van der Waals surface area contributed by atoms with E-state index in [1.165, 1.54) is 12.8 Å². The maximum Gasteiger partial charge on any atom is 0.243 e. The van der Waals surface area contributed by atoms with Gasteiger partial charge in [0.25, 0.3) is 0 Å². The molecule has 1 saturated heterocycles. The van der Waals surface area contributed by atoms with Crippen LogP contribution in [0.15, 0.2) is 18.3 Å². The maximum absolute atomic E-state index is 5.89. The lowest BCUT2D eigenvalue weighted by atomic mass is 10.4. The SMILES string of the molecule is ClCCl.Clc1nc(N2CCCC2)c2cccn2n1. The van der Waals surface area contributed by atoms with Crippen LogP contribution in [-0.2, 0) is 0 Å². The summed E-state index contributed by atoms with van der Waals surface area (Å²) in [6, 6.07) is 3.98. The number of rotatable bonds is 1. The molecule has 0 N–H and O–H groups in total. The molecule has 0 aliphatic carbocycles. The Labute approximate surface area is 120 Å². The third kappa shape index (κ3) is 2.99. The fraction of sp³-hybridized carbons (Fsp3) is 0.455. The van der Waals surface area contributed by atoms with Gasteiger partial charge in [0.1, 0.15) is 5.52 Å². The van der Waals surface area contributed by atoms with E-state index in [-0.39, 0.29) is 5.34 Å². The van der Waals surface area contributed by atoms with Crippen molar-refractivity contribution in [2.24, 2.45) is 0 Å². The Morgan fingerprint density at radius 1 is 1.22 bits per heavy atom. The van der Waals surface area contributed by atoms with E-state index in [4.69, 9.17) is 34.8 Å². The predicted octanol–water partition coefficient (Wildman–Crippen LogP) is 3.40. The molecule has 1 fully saturated rings. The van der Waals surface area contributed by atoms with Gasteiger partial charge >= 0.3 is 0 Å². The number of hydrogen-bond donors (Lipinski definition) is 0. The summed E-state index contributed by atoms with van der Waals surface area (Å²) in [5.41, 5.74) is 1.03. The molecular formula is C11H13Cl3N4. The molecule has 98 valence electrons. The third-order valence-corrected chi connectivity index (χ3v) is 2.91. The topological polar surface area (TPSA) is 33.4 Å². The van der Waals surface area contributed by atoms with Gasteiger partial charge in [0.15, 0.2) is 5.82 Å². The Morgan fingerprint density at radius 2 is 1.89 bits per heavy atom. The Balaban J connectivity index is 0.000000367. The monoisotopic (exact) mass is 306 g/mol. The Kier molecular flexibility index (Phi) is 4.92. The first kappa shape index (κ1) is 13.7. The van der Waals surface area contributed by atoms with Crippen molar-refractivity contribution in [1.29, 1.82) is 0 Å². The van der Waals surface area contributed by atoms with Crippen molar-refractivity contribution < 1.29 is 0 Å². The van der Waals surface area contributed by atoms with Crippen molar-refractivity contribution in [1.82, 2.24) is 14.6 Å². The molecule has 18 heavy (non-hydrogen) atoms. The molecule has 3 rings (SSSR count). The molecule has 4 nitrogen and oxygen atoms in total. The highest BCUT2D eigenvalue weighted by molar-refractivity contribution is 6.40. The lowest BCUT2D eigenvalue weighted by molar-refractivity contribution is 0.865. The summed E-state index contributed by atoms with van der Waals surface area (Å²) in [7, 11) is 0. The van der Waals surface area contributed by atoms with E-state index in [2.05, 4.69) is 15.0 Å². The van der Waals surface area contributed by atoms with Gasteiger partial charge < -0.3 is 4.90 Å². The zero-order chi connectivity index (χ0) is 13.0. The van der Waals surface area contributed by atoms with Crippen LogP contribution in [0.1, 0.15) is 12.8 Å². The van der Waals surface area contributed by atoms with Crippen LogP contribution in [0.4, 0.5) is 5.82 Å². The minimum absolute atomic E-state index is 0.194. The number of nitrogens with zero attached hydrogens (tertiary/aromatic N) is 4. The van der Waals surface area contributed by atoms with Crippen molar-refractivity contribution in [2.45, 2.75) is 12.8 Å². The van der Waals surface area contributed by atoms with E-state index in [0.29, 0.717) is 5.28 Å². The van der Waals surface area contributed by atoms with Crippen LogP contribution in [-0.4, -0.2) is 33.0 Å². The van der Waals surface area contributed by atoms with Crippen LogP contribution in [0.5, 0.6) is 0 Å². The second-order valence-electron chi connectivity index (χ2n) is 3.84. The molecule has 3 heterocycles. The van der Waals surface area contributed by atoms with Crippen molar-refractivity contribution >= 4 is 46.1 Å². The van der Waals surface area contributed by atoms with E-state index in [1.54, 1.807) is 4.52 Å². The lowest BCUT2D eigenvalue weighted by Crippen LogP contribution is -2.20. The molecule has 1 aliphatic heterocycles. The van der Waals surface area contributed by atoms with Gasteiger partial charge in [0, 0.05) is 19.3 Å². The Hall–Kier alpha value is -0.710. The van der Waals surface area contributed by atoms with Crippen molar-refractivity contribution in [3.05, 3.63) is 23.6 Å². The first-order valence-electron chi connectivity index (χ1n) is 5.64. The summed E-state index contributed by atoms with van der Waals surface area (Å²) in [6.07, 6.45) is 4.35. The van der Waals surface area contributed by atoms with Crippen molar-refractivity contribution in [3.63, 3.8) is 0 Å². The molecule has 2 aromatic heterocycles. The number of fused-ring (bicyclic) bond motifs is 1. The smallest absolute Gasteiger partial charge is 0.243 e. The molecule has 1 aliphatic rings. The van der Waals surface area contributed by atoms with Crippen LogP contribution in [0.25, 0.3) is 5.52 Å². The van der Waals surface area contributed by atoms with Gasteiger partial charge in [-0.15, -0.1) is 28.3 Å². The van der Waals surface area contributed by atoms with Crippen LogP contribution in [0, 0.1) is 0 Å². The molecule has 0 radical (unpaired) electrons. The fourth-order valence-corrected chi connectivity index (χ4v) is 2.22. The molecule has 0 unspecified atom stereocenters. The molecule has 0 saturated carbocycles. The second kappa shape index (κ2) is 6.45. The summed E-state index contributed by atoms with van der Waals surface area (Å²) in [6.45, 7) is 2.13. The van der Waals surface area contributed by atoms with Gasteiger partial charge in [-0.1, -0.05) is 0 Å². The van der Waals surface area contributed by atoms with Gasteiger partial charge in [-0.2, -0.15) is 4.98 Å².